The molecule has 0 radical (unpaired) electrons. The van der Waals surface area contributed by atoms with Gasteiger partial charge in [0.05, 0.1) is 12.7 Å². The normalized spacial score (nSPS) is 12.3. The van der Waals surface area contributed by atoms with Gasteiger partial charge in [-0.05, 0) is 46.5 Å². The van der Waals surface area contributed by atoms with E-state index < -0.39 is 6.10 Å². The molecule has 1 N–H and O–H groups in total. The second kappa shape index (κ2) is 6.57. The third-order valence-corrected chi connectivity index (χ3v) is 3.46. The fourth-order valence-electron chi connectivity index (χ4n) is 1.78. The van der Waals surface area contributed by atoms with E-state index in [9.17, 15) is 5.11 Å². The molecule has 0 aliphatic rings. The maximum atomic E-state index is 10.2. The van der Waals surface area contributed by atoms with Crippen LogP contribution in [-0.2, 0) is 6.42 Å². The minimum atomic E-state index is -0.468. The third-order valence-electron chi connectivity index (χ3n) is 2.72. The molecule has 0 bridgehead atoms. The summed E-state index contributed by atoms with van der Waals surface area (Å²) in [7, 11) is 0. The van der Waals surface area contributed by atoms with Crippen molar-refractivity contribution in [2.24, 2.45) is 0 Å². The van der Waals surface area contributed by atoms with E-state index in [4.69, 9.17) is 4.74 Å². The summed E-state index contributed by atoms with van der Waals surface area (Å²) in [4.78, 5) is 0. The number of aliphatic hydroxyl groups excluding tert-OH is 1. The van der Waals surface area contributed by atoms with Crippen LogP contribution in [0.1, 0.15) is 30.6 Å². The number of benzene rings is 1. The number of aliphatic hydroxyl groups is 1. The number of hydrogen-bond donors (Lipinski definition) is 1. The van der Waals surface area contributed by atoms with Gasteiger partial charge in [0.2, 0.25) is 0 Å². The molecule has 0 amide bonds. The minimum absolute atomic E-state index is 0.468. The van der Waals surface area contributed by atoms with E-state index in [0.717, 1.165) is 17.7 Å². The molecule has 1 heterocycles. The molecule has 0 saturated heterocycles. The monoisotopic (exact) mass is 262 g/mol. The van der Waals surface area contributed by atoms with Gasteiger partial charge in [0, 0.05) is 6.42 Å². The van der Waals surface area contributed by atoms with Crippen molar-refractivity contribution >= 4 is 11.3 Å². The zero-order valence-electron chi connectivity index (χ0n) is 10.5. The average molecular weight is 262 g/mol. The Morgan fingerprint density at radius 3 is 2.94 bits per heavy atom. The van der Waals surface area contributed by atoms with E-state index in [-0.39, 0.29) is 0 Å². The van der Waals surface area contributed by atoms with E-state index >= 15 is 0 Å². The lowest BCUT2D eigenvalue weighted by Gasteiger charge is -2.12. The van der Waals surface area contributed by atoms with Gasteiger partial charge in [-0.3, -0.25) is 0 Å². The van der Waals surface area contributed by atoms with Crippen LogP contribution in [0.3, 0.4) is 0 Å². The lowest BCUT2D eigenvalue weighted by atomic mass is 10.0. The van der Waals surface area contributed by atoms with Gasteiger partial charge in [0.1, 0.15) is 5.75 Å². The van der Waals surface area contributed by atoms with E-state index in [0.29, 0.717) is 13.0 Å². The van der Waals surface area contributed by atoms with Gasteiger partial charge in [-0.15, -0.1) is 0 Å². The summed E-state index contributed by atoms with van der Waals surface area (Å²) in [6.45, 7) is 2.79. The molecule has 1 aromatic heterocycles. The maximum absolute atomic E-state index is 10.2. The molecule has 3 heteroatoms. The van der Waals surface area contributed by atoms with Crippen LogP contribution in [0.5, 0.6) is 5.75 Å². The quantitative estimate of drug-likeness (QED) is 0.857. The highest BCUT2D eigenvalue weighted by Gasteiger charge is 2.09. The fraction of sp³-hybridized carbons (Fsp3) is 0.333. The molecule has 2 nitrogen and oxygen atoms in total. The summed E-state index contributed by atoms with van der Waals surface area (Å²) in [5.41, 5.74) is 2.09. The molecule has 2 aromatic rings. The van der Waals surface area contributed by atoms with E-state index in [1.807, 2.05) is 35.7 Å². The van der Waals surface area contributed by atoms with Gasteiger partial charge in [0.25, 0.3) is 0 Å². The van der Waals surface area contributed by atoms with Crippen LogP contribution < -0.4 is 4.74 Å². The first kappa shape index (κ1) is 13.1. The Balaban J connectivity index is 2.03. The molecule has 0 aliphatic heterocycles. The Labute approximate surface area is 112 Å². The van der Waals surface area contributed by atoms with Crippen molar-refractivity contribution in [1.82, 2.24) is 0 Å². The molecular weight excluding hydrogens is 244 g/mol. The van der Waals surface area contributed by atoms with E-state index in [1.54, 1.807) is 11.3 Å². The van der Waals surface area contributed by atoms with Crippen molar-refractivity contribution < 1.29 is 9.84 Å². The van der Waals surface area contributed by atoms with Crippen molar-refractivity contribution in [3.63, 3.8) is 0 Å². The molecule has 0 saturated carbocycles. The predicted molar refractivity (Wildman–Crippen MR) is 75.2 cm³/mol. The Morgan fingerprint density at radius 2 is 2.22 bits per heavy atom. The Kier molecular flexibility index (Phi) is 4.79. The van der Waals surface area contributed by atoms with E-state index in [2.05, 4.69) is 12.3 Å². The second-order valence-corrected chi connectivity index (χ2v) is 5.05. The zero-order chi connectivity index (χ0) is 12.8. The largest absolute Gasteiger partial charge is 0.494 e. The van der Waals surface area contributed by atoms with Crippen LogP contribution in [0.15, 0.2) is 41.1 Å². The summed E-state index contributed by atoms with van der Waals surface area (Å²) in [5.74, 6) is 0.832. The average Bonchev–Trinajstić information content (AvgIpc) is 2.89. The van der Waals surface area contributed by atoms with Crippen LogP contribution in [0, 0.1) is 0 Å². The van der Waals surface area contributed by atoms with Gasteiger partial charge in [-0.25, -0.2) is 0 Å². The minimum Gasteiger partial charge on any atom is -0.494 e. The summed E-state index contributed by atoms with van der Waals surface area (Å²) in [6.07, 6.45) is 1.17. The molecule has 1 atom stereocenters. The summed E-state index contributed by atoms with van der Waals surface area (Å²) < 4.78 is 5.57. The van der Waals surface area contributed by atoms with Gasteiger partial charge in [0.15, 0.2) is 0 Å². The fourth-order valence-corrected chi connectivity index (χ4v) is 2.46. The highest BCUT2D eigenvalue weighted by molar-refractivity contribution is 7.07. The van der Waals surface area contributed by atoms with Crippen molar-refractivity contribution in [2.75, 3.05) is 6.61 Å². The maximum Gasteiger partial charge on any atom is 0.119 e. The third kappa shape index (κ3) is 3.59. The molecule has 1 unspecified atom stereocenters. The lowest BCUT2D eigenvalue weighted by molar-refractivity contribution is 0.178. The molecular formula is C15H18O2S. The molecule has 2 rings (SSSR count). The Hall–Kier alpha value is -1.32. The number of hydrogen-bond acceptors (Lipinski definition) is 3. The van der Waals surface area contributed by atoms with Crippen LogP contribution in [0.25, 0.3) is 0 Å². The smallest absolute Gasteiger partial charge is 0.119 e. The number of thiophene rings is 1. The topological polar surface area (TPSA) is 29.5 Å². The predicted octanol–water partition coefficient (Wildman–Crippen LogP) is 3.81. The summed E-state index contributed by atoms with van der Waals surface area (Å²) in [6, 6.07) is 9.77. The van der Waals surface area contributed by atoms with Gasteiger partial charge in [-0.2, -0.15) is 11.3 Å². The number of ether oxygens (including phenoxy) is 1. The SMILES string of the molecule is CCCOc1cccc(C(O)Cc2ccsc2)c1. The highest BCUT2D eigenvalue weighted by atomic mass is 32.1. The zero-order valence-corrected chi connectivity index (χ0v) is 11.3. The van der Waals surface area contributed by atoms with Crippen LogP contribution in [0.4, 0.5) is 0 Å². The standard InChI is InChI=1S/C15H18O2S/c1-2-7-17-14-5-3-4-13(10-14)15(16)9-12-6-8-18-11-12/h3-6,8,10-11,15-16H,2,7,9H2,1H3. The van der Waals surface area contributed by atoms with Crippen molar-refractivity contribution in [1.29, 1.82) is 0 Å². The molecule has 96 valence electrons. The molecule has 0 fully saturated rings. The lowest BCUT2D eigenvalue weighted by Crippen LogP contribution is -2.02. The van der Waals surface area contributed by atoms with Crippen molar-refractivity contribution in [3.05, 3.63) is 52.2 Å². The van der Waals surface area contributed by atoms with Crippen molar-refractivity contribution in [3.8, 4) is 5.75 Å². The first-order chi connectivity index (χ1) is 8.79. The van der Waals surface area contributed by atoms with Crippen molar-refractivity contribution in [2.45, 2.75) is 25.9 Å². The molecule has 0 aliphatic carbocycles. The van der Waals surface area contributed by atoms with E-state index in [1.165, 1.54) is 5.56 Å². The highest BCUT2D eigenvalue weighted by Crippen LogP contribution is 2.23. The molecule has 1 aromatic carbocycles. The second-order valence-electron chi connectivity index (χ2n) is 4.27. The van der Waals surface area contributed by atoms with Gasteiger partial charge in [-0.1, -0.05) is 19.1 Å². The molecule has 0 spiro atoms. The first-order valence-corrected chi connectivity index (χ1v) is 7.15. The Morgan fingerprint density at radius 1 is 1.33 bits per heavy atom. The summed E-state index contributed by atoms with van der Waals surface area (Å²) >= 11 is 1.66. The van der Waals surface area contributed by atoms with Crippen LogP contribution in [-0.4, -0.2) is 11.7 Å². The van der Waals surface area contributed by atoms with Gasteiger partial charge >= 0.3 is 0 Å². The summed E-state index contributed by atoms with van der Waals surface area (Å²) in [5, 5.41) is 14.3. The Bertz CT molecular complexity index is 465. The van der Waals surface area contributed by atoms with Crippen LogP contribution in [0.2, 0.25) is 0 Å². The van der Waals surface area contributed by atoms with Crippen LogP contribution >= 0.6 is 11.3 Å². The first-order valence-electron chi connectivity index (χ1n) is 6.21. The van der Waals surface area contributed by atoms with Gasteiger partial charge < -0.3 is 9.84 Å². The number of rotatable bonds is 6. The molecule has 18 heavy (non-hydrogen) atoms.